The van der Waals surface area contributed by atoms with Gasteiger partial charge in [0, 0.05) is 12.0 Å². The van der Waals surface area contributed by atoms with E-state index in [0.717, 1.165) is 49.0 Å². The molecule has 2 unspecified atom stereocenters. The summed E-state index contributed by atoms with van der Waals surface area (Å²) in [7, 11) is 0. The molecule has 2 aromatic rings. The lowest BCUT2D eigenvalue weighted by molar-refractivity contribution is 0.0927. The van der Waals surface area contributed by atoms with Crippen LogP contribution in [0.1, 0.15) is 54.1 Å². The first-order chi connectivity index (χ1) is 11.8. The lowest BCUT2D eigenvalue weighted by Crippen LogP contribution is -2.40. The van der Waals surface area contributed by atoms with E-state index in [9.17, 15) is 4.79 Å². The number of nitrogens with two attached hydrogens (primary N) is 1. The second kappa shape index (κ2) is 7.58. The maximum absolute atomic E-state index is 12.9. The largest absolute Gasteiger partial charge is 0.349 e. The molecule has 0 spiro atoms. The number of halogens is 1. The van der Waals surface area contributed by atoms with E-state index in [1.54, 1.807) is 6.20 Å². The predicted molar refractivity (Wildman–Crippen MR) is 100 cm³/mol. The molecule has 4 rings (SSSR count). The Balaban J connectivity index is 0.00000182. The van der Waals surface area contributed by atoms with Crippen LogP contribution in [-0.4, -0.2) is 28.3 Å². The zero-order valence-corrected chi connectivity index (χ0v) is 15.0. The number of hydrogen-bond acceptors (Lipinski definition) is 3. The topological polar surface area (TPSA) is 72.9 Å². The van der Waals surface area contributed by atoms with Gasteiger partial charge in [-0.25, -0.2) is 4.68 Å². The summed E-state index contributed by atoms with van der Waals surface area (Å²) in [5, 5.41) is 7.73. The molecule has 3 N–H and O–H groups in total. The Labute approximate surface area is 154 Å². The van der Waals surface area contributed by atoms with Crippen molar-refractivity contribution in [2.24, 2.45) is 11.7 Å². The molecule has 0 saturated heterocycles. The van der Waals surface area contributed by atoms with E-state index < -0.39 is 0 Å². The summed E-state index contributed by atoms with van der Waals surface area (Å²) < 4.78 is 1.93. The number of para-hydroxylation sites is 1. The first-order valence-corrected chi connectivity index (χ1v) is 8.92. The molecule has 0 bridgehead atoms. The van der Waals surface area contributed by atoms with Gasteiger partial charge in [-0.15, -0.1) is 12.4 Å². The van der Waals surface area contributed by atoms with Crippen molar-refractivity contribution in [3.63, 3.8) is 0 Å². The third kappa shape index (κ3) is 3.58. The average molecular weight is 361 g/mol. The Morgan fingerprint density at radius 2 is 1.96 bits per heavy atom. The molecular formula is C19H25ClN4O. The highest BCUT2D eigenvalue weighted by molar-refractivity contribution is 5.95. The maximum atomic E-state index is 12.9. The van der Waals surface area contributed by atoms with E-state index in [0.29, 0.717) is 18.4 Å². The first-order valence-electron chi connectivity index (χ1n) is 8.92. The lowest BCUT2D eigenvalue weighted by atomic mass is 10.0. The fourth-order valence-electron chi connectivity index (χ4n) is 3.81. The molecule has 0 radical (unpaired) electrons. The molecule has 6 heteroatoms. The van der Waals surface area contributed by atoms with E-state index in [1.807, 2.05) is 35.0 Å². The van der Waals surface area contributed by atoms with Gasteiger partial charge in [0.25, 0.3) is 5.91 Å². The van der Waals surface area contributed by atoms with Crippen molar-refractivity contribution >= 4 is 18.3 Å². The zero-order valence-electron chi connectivity index (χ0n) is 14.2. The number of aromatic nitrogens is 2. The number of amides is 1. The molecule has 0 aliphatic heterocycles. The highest BCUT2D eigenvalue weighted by Crippen LogP contribution is 2.42. The highest BCUT2D eigenvalue weighted by atomic mass is 35.5. The molecule has 2 fully saturated rings. The third-order valence-corrected chi connectivity index (χ3v) is 5.29. The summed E-state index contributed by atoms with van der Waals surface area (Å²) in [5.41, 5.74) is 8.63. The summed E-state index contributed by atoms with van der Waals surface area (Å²) in [6.07, 6.45) is 7.27. The Kier molecular flexibility index (Phi) is 5.45. The number of carbonyl (C=O) groups excluding carboxylic acids is 1. The molecule has 25 heavy (non-hydrogen) atoms. The second-order valence-corrected chi connectivity index (χ2v) is 6.97. The summed E-state index contributed by atoms with van der Waals surface area (Å²) in [4.78, 5) is 12.9. The summed E-state index contributed by atoms with van der Waals surface area (Å²) >= 11 is 0. The smallest absolute Gasteiger partial charge is 0.255 e. The molecule has 1 heterocycles. The van der Waals surface area contributed by atoms with Crippen molar-refractivity contribution in [3.8, 4) is 5.69 Å². The molecule has 2 atom stereocenters. The van der Waals surface area contributed by atoms with E-state index in [1.165, 1.54) is 0 Å². The SMILES string of the molecule is Cl.NCC1CCCC1NC(=O)c1cnn(-c2ccccc2)c1C1CC1. The van der Waals surface area contributed by atoms with Crippen molar-refractivity contribution in [1.82, 2.24) is 15.1 Å². The molecule has 1 amide bonds. The fraction of sp³-hybridized carbons (Fsp3) is 0.474. The van der Waals surface area contributed by atoms with Gasteiger partial charge in [0.2, 0.25) is 0 Å². The van der Waals surface area contributed by atoms with Crippen molar-refractivity contribution in [1.29, 1.82) is 0 Å². The van der Waals surface area contributed by atoms with Crippen molar-refractivity contribution in [3.05, 3.63) is 47.8 Å². The minimum Gasteiger partial charge on any atom is -0.349 e. The van der Waals surface area contributed by atoms with Gasteiger partial charge in [0.1, 0.15) is 0 Å². The van der Waals surface area contributed by atoms with E-state index in [4.69, 9.17) is 5.73 Å². The van der Waals surface area contributed by atoms with Gasteiger partial charge in [0.15, 0.2) is 0 Å². The number of benzene rings is 1. The van der Waals surface area contributed by atoms with Crippen LogP contribution in [0.25, 0.3) is 5.69 Å². The number of rotatable bonds is 5. The Morgan fingerprint density at radius 3 is 2.64 bits per heavy atom. The van der Waals surface area contributed by atoms with E-state index >= 15 is 0 Å². The highest BCUT2D eigenvalue weighted by Gasteiger charge is 2.34. The normalized spacial score (nSPS) is 22.4. The van der Waals surface area contributed by atoms with Crippen LogP contribution in [0.2, 0.25) is 0 Å². The summed E-state index contributed by atoms with van der Waals surface area (Å²) in [6.45, 7) is 0.643. The first kappa shape index (κ1) is 18.0. The van der Waals surface area contributed by atoms with Gasteiger partial charge in [0.05, 0.1) is 23.1 Å². The van der Waals surface area contributed by atoms with Gasteiger partial charge in [-0.05, 0) is 50.3 Å². The fourth-order valence-corrected chi connectivity index (χ4v) is 3.81. The molecule has 1 aromatic heterocycles. The number of hydrogen-bond donors (Lipinski definition) is 2. The maximum Gasteiger partial charge on any atom is 0.255 e. The van der Waals surface area contributed by atoms with Gasteiger partial charge in [-0.3, -0.25) is 4.79 Å². The molecular weight excluding hydrogens is 336 g/mol. The molecule has 2 aliphatic carbocycles. The third-order valence-electron chi connectivity index (χ3n) is 5.29. The van der Waals surface area contributed by atoms with Crippen molar-refractivity contribution in [2.75, 3.05) is 6.54 Å². The van der Waals surface area contributed by atoms with Crippen LogP contribution in [-0.2, 0) is 0 Å². The van der Waals surface area contributed by atoms with Crippen LogP contribution in [0.4, 0.5) is 0 Å². The monoisotopic (exact) mass is 360 g/mol. The minimum atomic E-state index is 0. The predicted octanol–water partition coefficient (Wildman–Crippen LogP) is 3.03. The Hall–Kier alpha value is -1.85. The number of nitrogens with zero attached hydrogens (tertiary/aromatic N) is 2. The molecule has 134 valence electrons. The quantitative estimate of drug-likeness (QED) is 0.860. The van der Waals surface area contributed by atoms with Gasteiger partial charge >= 0.3 is 0 Å². The number of nitrogens with one attached hydrogen (secondary N) is 1. The standard InChI is InChI=1S/C19H24N4O.ClH/c20-11-14-5-4-8-17(14)22-19(24)16-12-21-23(18(16)13-9-10-13)15-6-2-1-3-7-15;/h1-3,6-7,12-14,17H,4-5,8-11,20H2,(H,22,24);1H. The summed E-state index contributed by atoms with van der Waals surface area (Å²) in [5.74, 6) is 0.856. The van der Waals surface area contributed by atoms with Gasteiger partial charge in [-0.2, -0.15) is 5.10 Å². The van der Waals surface area contributed by atoms with Crippen LogP contribution < -0.4 is 11.1 Å². The van der Waals surface area contributed by atoms with E-state index in [2.05, 4.69) is 10.4 Å². The Morgan fingerprint density at radius 1 is 1.20 bits per heavy atom. The summed E-state index contributed by atoms with van der Waals surface area (Å²) in [6, 6.07) is 10.2. The lowest BCUT2D eigenvalue weighted by Gasteiger charge is -2.19. The van der Waals surface area contributed by atoms with Crippen molar-refractivity contribution in [2.45, 2.75) is 44.1 Å². The van der Waals surface area contributed by atoms with E-state index in [-0.39, 0.29) is 24.4 Å². The van der Waals surface area contributed by atoms with Crippen molar-refractivity contribution < 1.29 is 4.79 Å². The molecule has 1 aromatic carbocycles. The van der Waals surface area contributed by atoms with Crippen LogP contribution >= 0.6 is 12.4 Å². The van der Waals surface area contributed by atoms with Crippen LogP contribution in [0.5, 0.6) is 0 Å². The molecule has 5 nitrogen and oxygen atoms in total. The average Bonchev–Trinajstić information content (AvgIpc) is 3.19. The molecule has 2 aliphatic rings. The Bertz CT molecular complexity index is 726. The zero-order chi connectivity index (χ0) is 16.5. The van der Waals surface area contributed by atoms with Crippen LogP contribution in [0, 0.1) is 5.92 Å². The molecule has 2 saturated carbocycles. The second-order valence-electron chi connectivity index (χ2n) is 6.97. The van der Waals surface area contributed by atoms with Crippen LogP contribution in [0.3, 0.4) is 0 Å². The van der Waals surface area contributed by atoms with Gasteiger partial charge in [-0.1, -0.05) is 24.6 Å². The minimum absolute atomic E-state index is 0. The number of carbonyl (C=O) groups is 1. The van der Waals surface area contributed by atoms with Crippen LogP contribution in [0.15, 0.2) is 36.5 Å². The van der Waals surface area contributed by atoms with Gasteiger partial charge < -0.3 is 11.1 Å².